The number of anilines is 1. The molecule has 0 aliphatic carbocycles. The number of pyridine rings is 2. The van der Waals surface area contributed by atoms with E-state index in [-0.39, 0.29) is 5.56 Å². The Morgan fingerprint density at radius 2 is 2.00 bits per heavy atom. The first-order chi connectivity index (χ1) is 18.5. The van der Waals surface area contributed by atoms with Crippen molar-refractivity contribution in [1.82, 2.24) is 9.55 Å². The molecule has 1 aliphatic rings. The highest BCUT2D eigenvalue weighted by Crippen LogP contribution is 2.42. The SMILES string of the molecule is CCc1c(C)cc2c(ccc(=O)n2Cc2ccc(NC)c(C=N)c2)c1-c1ccc2c3c(ccnc13)CCO2. The molecule has 5 aromatic rings. The van der Waals surface area contributed by atoms with Crippen LogP contribution in [0.25, 0.3) is 32.9 Å². The van der Waals surface area contributed by atoms with E-state index in [1.165, 1.54) is 17.3 Å². The Bertz CT molecular complexity index is 1790. The number of fused-ring (bicyclic) bond motifs is 1. The second kappa shape index (κ2) is 9.45. The van der Waals surface area contributed by atoms with Crippen LogP contribution in [-0.2, 0) is 19.4 Å². The van der Waals surface area contributed by atoms with E-state index in [2.05, 4.69) is 43.4 Å². The van der Waals surface area contributed by atoms with Crippen molar-refractivity contribution in [3.63, 3.8) is 0 Å². The van der Waals surface area contributed by atoms with Crippen LogP contribution in [0.5, 0.6) is 5.75 Å². The Hall–Kier alpha value is -4.45. The van der Waals surface area contributed by atoms with Gasteiger partial charge in [-0.3, -0.25) is 9.78 Å². The van der Waals surface area contributed by atoms with Gasteiger partial charge in [0.25, 0.3) is 5.56 Å². The van der Waals surface area contributed by atoms with Gasteiger partial charge in [0, 0.05) is 59.5 Å². The van der Waals surface area contributed by atoms with E-state index in [9.17, 15) is 4.79 Å². The third-order valence-corrected chi connectivity index (χ3v) is 7.70. The molecule has 0 radical (unpaired) electrons. The monoisotopic (exact) mass is 502 g/mol. The molecule has 6 rings (SSSR count). The highest BCUT2D eigenvalue weighted by Gasteiger charge is 2.21. The highest BCUT2D eigenvalue weighted by atomic mass is 16.5. The van der Waals surface area contributed by atoms with Crippen LogP contribution >= 0.6 is 0 Å². The average molecular weight is 503 g/mol. The third kappa shape index (κ3) is 3.76. The van der Waals surface area contributed by atoms with E-state index in [4.69, 9.17) is 15.1 Å². The van der Waals surface area contributed by atoms with Crippen molar-refractivity contribution in [2.24, 2.45) is 0 Å². The smallest absolute Gasteiger partial charge is 0.251 e. The summed E-state index contributed by atoms with van der Waals surface area (Å²) in [6, 6.07) is 18.0. The summed E-state index contributed by atoms with van der Waals surface area (Å²) in [5.74, 6) is 0.886. The highest BCUT2D eigenvalue weighted by molar-refractivity contribution is 6.07. The van der Waals surface area contributed by atoms with Crippen LogP contribution in [-0.4, -0.2) is 29.4 Å². The first kappa shape index (κ1) is 23.9. The molecular weight excluding hydrogens is 472 g/mol. The van der Waals surface area contributed by atoms with Gasteiger partial charge in [-0.25, -0.2) is 0 Å². The fourth-order valence-corrected chi connectivity index (χ4v) is 5.88. The fourth-order valence-electron chi connectivity index (χ4n) is 5.88. The van der Waals surface area contributed by atoms with Gasteiger partial charge in [-0.2, -0.15) is 0 Å². The minimum Gasteiger partial charge on any atom is -0.493 e. The Morgan fingerprint density at radius 1 is 1.13 bits per heavy atom. The molecule has 3 aromatic carbocycles. The zero-order chi connectivity index (χ0) is 26.4. The molecule has 6 nitrogen and oxygen atoms in total. The molecule has 0 spiro atoms. The van der Waals surface area contributed by atoms with Crippen LogP contribution in [0.15, 0.2) is 65.6 Å². The van der Waals surface area contributed by atoms with Crippen LogP contribution in [0.3, 0.4) is 0 Å². The lowest BCUT2D eigenvalue weighted by atomic mass is 9.88. The second-order valence-corrected chi connectivity index (χ2v) is 9.81. The Kier molecular flexibility index (Phi) is 5.95. The molecule has 1 aliphatic heterocycles. The first-order valence-corrected chi connectivity index (χ1v) is 13.0. The van der Waals surface area contributed by atoms with Gasteiger partial charge in [0.05, 0.1) is 24.2 Å². The van der Waals surface area contributed by atoms with Crippen molar-refractivity contribution in [1.29, 1.82) is 5.41 Å². The summed E-state index contributed by atoms with van der Waals surface area (Å²) in [4.78, 5) is 18.1. The number of hydrogen-bond acceptors (Lipinski definition) is 5. The van der Waals surface area contributed by atoms with Crippen LogP contribution in [0, 0.1) is 12.3 Å². The van der Waals surface area contributed by atoms with Gasteiger partial charge in [0.1, 0.15) is 5.75 Å². The number of ether oxygens (including phenoxy) is 1. The summed E-state index contributed by atoms with van der Waals surface area (Å²) in [7, 11) is 1.84. The van der Waals surface area contributed by atoms with Gasteiger partial charge < -0.3 is 20.0 Å². The molecule has 0 bridgehead atoms. The molecule has 2 N–H and O–H groups in total. The molecule has 6 heteroatoms. The lowest BCUT2D eigenvalue weighted by molar-refractivity contribution is 0.318. The van der Waals surface area contributed by atoms with Crippen LogP contribution in [0.2, 0.25) is 0 Å². The number of aryl methyl sites for hydroxylation is 1. The second-order valence-electron chi connectivity index (χ2n) is 9.81. The lowest BCUT2D eigenvalue weighted by Gasteiger charge is -2.22. The topological polar surface area (TPSA) is 80.0 Å². The van der Waals surface area contributed by atoms with Gasteiger partial charge in [0.2, 0.25) is 0 Å². The van der Waals surface area contributed by atoms with Gasteiger partial charge >= 0.3 is 0 Å². The average Bonchev–Trinajstić information content (AvgIpc) is 2.94. The number of benzene rings is 3. The molecule has 2 aromatic heterocycles. The molecule has 190 valence electrons. The summed E-state index contributed by atoms with van der Waals surface area (Å²) in [6.45, 7) is 5.40. The van der Waals surface area contributed by atoms with Crippen LogP contribution < -0.4 is 15.6 Å². The molecule has 3 heterocycles. The summed E-state index contributed by atoms with van der Waals surface area (Å²) in [5, 5.41) is 13.0. The molecular formula is C32H30N4O2. The van der Waals surface area contributed by atoms with Crippen molar-refractivity contribution in [2.75, 3.05) is 19.0 Å². The Labute approximate surface area is 221 Å². The van der Waals surface area contributed by atoms with E-state index in [1.807, 2.05) is 42.1 Å². The van der Waals surface area contributed by atoms with E-state index >= 15 is 0 Å². The molecule has 0 fully saturated rings. The van der Waals surface area contributed by atoms with Gasteiger partial charge in [-0.15, -0.1) is 0 Å². The zero-order valence-corrected chi connectivity index (χ0v) is 21.9. The summed E-state index contributed by atoms with van der Waals surface area (Å²) in [6.07, 6.45) is 4.97. The predicted octanol–water partition coefficient (Wildman–Crippen LogP) is 6.11. The summed E-state index contributed by atoms with van der Waals surface area (Å²) < 4.78 is 7.83. The molecule has 0 atom stereocenters. The number of hydrogen-bond donors (Lipinski definition) is 2. The maximum Gasteiger partial charge on any atom is 0.251 e. The van der Waals surface area contributed by atoms with Gasteiger partial charge in [-0.1, -0.05) is 13.0 Å². The molecule has 38 heavy (non-hydrogen) atoms. The molecule has 0 amide bonds. The predicted molar refractivity (Wildman–Crippen MR) is 155 cm³/mol. The van der Waals surface area contributed by atoms with Gasteiger partial charge in [-0.05, 0) is 83.6 Å². The van der Waals surface area contributed by atoms with Crippen molar-refractivity contribution >= 4 is 33.7 Å². The molecule has 0 unspecified atom stereocenters. The van der Waals surface area contributed by atoms with Crippen molar-refractivity contribution < 1.29 is 4.74 Å². The van der Waals surface area contributed by atoms with Crippen LogP contribution in [0.4, 0.5) is 5.69 Å². The maximum atomic E-state index is 13.3. The summed E-state index contributed by atoms with van der Waals surface area (Å²) >= 11 is 0. The van der Waals surface area contributed by atoms with E-state index < -0.39 is 0 Å². The third-order valence-electron chi connectivity index (χ3n) is 7.70. The maximum absolute atomic E-state index is 13.3. The number of nitrogens with one attached hydrogen (secondary N) is 2. The quantitative estimate of drug-likeness (QED) is 0.275. The Balaban J connectivity index is 1.62. The van der Waals surface area contributed by atoms with E-state index in [0.717, 1.165) is 73.9 Å². The number of nitrogens with zero attached hydrogens (tertiary/aromatic N) is 2. The zero-order valence-electron chi connectivity index (χ0n) is 21.9. The van der Waals surface area contributed by atoms with E-state index in [1.54, 1.807) is 6.07 Å². The lowest BCUT2D eigenvalue weighted by Crippen LogP contribution is -2.20. The normalized spacial score (nSPS) is 12.5. The van der Waals surface area contributed by atoms with Gasteiger partial charge in [0.15, 0.2) is 0 Å². The molecule has 0 saturated heterocycles. The largest absolute Gasteiger partial charge is 0.493 e. The minimum atomic E-state index is -0.0513. The van der Waals surface area contributed by atoms with Crippen LogP contribution in [0.1, 0.15) is 34.7 Å². The standard InChI is InChI=1S/C32H30N4O2/c1-4-23-19(2)15-27-24(7-10-29(37)36(27)18-20-5-8-26(34-3)22(16-20)17-33)31(23)25-6-9-28-30-21(12-14-38-28)11-13-35-32(25)30/h5-11,13,15-17,33-34H,4,12,14,18H2,1-3H3. The Morgan fingerprint density at radius 3 is 2.79 bits per heavy atom. The summed E-state index contributed by atoms with van der Waals surface area (Å²) in [5.41, 5.74) is 10.3. The van der Waals surface area contributed by atoms with Crippen molar-refractivity contribution in [2.45, 2.75) is 33.2 Å². The minimum absolute atomic E-state index is 0.0513. The van der Waals surface area contributed by atoms with E-state index in [0.29, 0.717) is 13.2 Å². The number of aromatic nitrogens is 2. The molecule has 0 saturated carbocycles. The first-order valence-electron chi connectivity index (χ1n) is 13.0. The van der Waals surface area contributed by atoms with Crippen molar-refractivity contribution in [3.05, 3.63) is 99.0 Å². The fraction of sp³-hybridized carbons (Fsp3) is 0.219. The number of rotatable bonds is 6. The van der Waals surface area contributed by atoms with Crippen molar-refractivity contribution in [3.8, 4) is 16.9 Å².